The number of amides is 5. The Morgan fingerprint density at radius 1 is 0.907 bits per heavy atom. The van der Waals surface area contributed by atoms with Crippen molar-refractivity contribution in [2.75, 3.05) is 13.6 Å². The average Bonchev–Trinajstić information content (AvgIpc) is 3.56. The van der Waals surface area contributed by atoms with Crippen LogP contribution in [0.15, 0.2) is 0 Å². The van der Waals surface area contributed by atoms with Crippen molar-refractivity contribution in [3.8, 4) is 0 Å². The molecule has 3 aliphatic rings. The van der Waals surface area contributed by atoms with Crippen LogP contribution in [0, 0.1) is 22.7 Å². The minimum atomic E-state index is -1.21. The number of piperidine rings is 1. The van der Waals surface area contributed by atoms with E-state index in [1.165, 1.54) is 4.90 Å². The summed E-state index contributed by atoms with van der Waals surface area (Å²) in [5.41, 5.74) is -1.07. The maximum absolute atomic E-state index is 14.1. The van der Waals surface area contributed by atoms with Gasteiger partial charge in [0.05, 0.1) is 6.04 Å². The number of nitrogens with zero attached hydrogens (tertiary/aromatic N) is 1. The molecule has 0 unspecified atom stereocenters. The van der Waals surface area contributed by atoms with Gasteiger partial charge in [0.2, 0.25) is 29.4 Å². The number of ketones is 1. The first kappa shape index (κ1) is 34.5. The van der Waals surface area contributed by atoms with Gasteiger partial charge in [0, 0.05) is 31.0 Å². The van der Waals surface area contributed by atoms with Crippen molar-refractivity contribution in [3.05, 3.63) is 0 Å². The third kappa shape index (κ3) is 10.0. The average molecular weight is 604 g/mol. The molecule has 0 spiro atoms. The van der Waals surface area contributed by atoms with Crippen LogP contribution in [0.2, 0.25) is 0 Å². The molecule has 0 aromatic rings. The summed E-state index contributed by atoms with van der Waals surface area (Å²) in [6.45, 7) is 11.8. The monoisotopic (exact) mass is 603 g/mol. The van der Waals surface area contributed by atoms with Gasteiger partial charge in [-0.2, -0.15) is 0 Å². The fourth-order valence-corrected chi connectivity index (χ4v) is 5.87. The van der Waals surface area contributed by atoms with E-state index in [0.29, 0.717) is 13.0 Å². The van der Waals surface area contributed by atoms with Crippen molar-refractivity contribution >= 4 is 35.3 Å². The molecule has 11 nitrogen and oxygen atoms in total. The lowest BCUT2D eigenvalue weighted by atomic mass is 9.85. The van der Waals surface area contributed by atoms with Crippen LogP contribution in [0.5, 0.6) is 0 Å². The van der Waals surface area contributed by atoms with Crippen molar-refractivity contribution < 1.29 is 28.8 Å². The Bertz CT molecular complexity index is 1070. The van der Waals surface area contributed by atoms with Crippen LogP contribution in [0.1, 0.15) is 106 Å². The Morgan fingerprint density at radius 3 is 2.07 bits per heavy atom. The van der Waals surface area contributed by atoms with Gasteiger partial charge < -0.3 is 26.2 Å². The molecule has 1 saturated heterocycles. The molecule has 4 atom stereocenters. The lowest BCUT2D eigenvalue weighted by molar-refractivity contribution is -0.146. The maximum Gasteiger partial charge on any atom is 0.289 e. The highest BCUT2D eigenvalue weighted by Gasteiger charge is 2.42. The number of carbonyl (C=O) groups is 6. The molecule has 2 aliphatic carbocycles. The van der Waals surface area contributed by atoms with Gasteiger partial charge in [0.15, 0.2) is 0 Å². The topological polar surface area (TPSA) is 154 Å². The van der Waals surface area contributed by atoms with Crippen molar-refractivity contribution in [1.29, 1.82) is 0 Å². The Hall–Kier alpha value is -2.98. The number of rotatable bonds is 12. The van der Waals surface area contributed by atoms with Crippen LogP contribution in [0.3, 0.4) is 0 Å². The molecule has 0 aromatic heterocycles. The van der Waals surface area contributed by atoms with Crippen LogP contribution in [-0.4, -0.2) is 78.0 Å². The van der Waals surface area contributed by atoms with Crippen molar-refractivity contribution in [2.45, 2.75) is 130 Å². The Morgan fingerprint density at radius 2 is 1.53 bits per heavy atom. The number of carbonyl (C=O) groups excluding carboxylic acids is 6. The van der Waals surface area contributed by atoms with E-state index in [1.54, 1.807) is 27.8 Å². The molecule has 3 fully saturated rings. The van der Waals surface area contributed by atoms with Crippen LogP contribution < -0.4 is 21.3 Å². The fraction of sp³-hybridized carbons (Fsp3) is 0.812. The van der Waals surface area contributed by atoms with Gasteiger partial charge in [-0.1, -0.05) is 54.4 Å². The van der Waals surface area contributed by atoms with Gasteiger partial charge >= 0.3 is 0 Å². The SMILES string of the molecule is CN(C(=O)[C@H](NC(=O)C(C)(C)C)C1CCCC1)[C@@H](CC(C)(C)C)C(=O)N[C@@H](C[C@@H]1CCCNC1=O)C(=O)C(=O)NC1CC1. The number of hydrogen-bond donors (Lipinski definition) is 4. The van der Waals surface area contributed by atoms with Crippen LogP contribution >= 0.6 is 0 Å². The van der Waals surface area contributed by atoms with Crippen LogP contribution in [0.25, 0.3) is 0 Å². The smallest absolute Gasteiger partial charge is 0.289 e. The highest BCUT2D eigenvalue weighted by atomic mass is 16.2. The second kappa shape index (κ2) is 14.2. The zero-order chi connectivity index (χ0) is 32.1. The third-order valence-electron chi connectivity index (χ3n) is 8.72. The quantitative estimate of drug-likeness (QED) is 0.251. The zero-order valence-corrected chi connectivity index (χ0v) is 27.1. The summed E-state index contributed by atoms with van der Waals surface area (Å²) in [7, 11) is 1.56. The molecule has 0 radical (unpaired) electrons. The first-order valence-corrected chi connectivity index (χ1v) is 16.0. The van der Waals surface area contributed by atoms with Gasteiger partial charge in [-0.05, 0) is 62.7 Å². The molecule has 242 valence electrons. The van der Waals surface area contributed by atoms with Gasteiger partial charge in [-0.3, -0.25) is 28.8 Å². The summed E-state index contributed by atoms with van der Waals surface area (Å²) in [5.74, 6) is -3.46. The van der Waals surface area contributed by atoms with E-state index in [0.717, 1.165) is 44.9 Å². The molecule has 43 heavy (non-hydrogen) atoms. The molecule has 11 heteroatoms. The minimum absolute atomic E-state index is 0.000725. The van der Waals surface area contributed by atoms with Gasteiger partial charge in [-0.25, -0.2) is 0 Å². The first-order chi connectivity index (χ1) is 20.0. The Labute approximate surface area is 256 Å². The Balaban J connectivity index is 1.86. The summed E-state index contributed by atoms with van der Waals surface area (Å²) in [6.07, 6.45) is 6.73. The number of Topliss-reactive ketones (excluding diaryl/α,β-unsaturated/α-hetero) is 1. The largest absolute Gasteiger partial charge is 0.356 e. The first-order valence-electron chi connectivity index (χ1n) is 16.0. The predicted octanol–water partition coefficient (Wildman–Crippen LogP) is 2.22. The van der Waals surface area contributed by atoms with E-state index < -0.39 is 47.1 Å². The van der Waals surface area contributed by atoms with E-state index in [9.17, 15) is 28.8 Å². The molecule has 1 heterocycles. The zero-order valence-electron chi connectivity index (χ0n) is 27.1. The van der Waals surface area contributed by atoms with Crippen molar-refractivity contribution in [2.24, 2.45) is 22.7 Å². The Kier molecular flexibility index (Phi) is 11.4. The predicted molar refractivity (Wildman–Crippen MR) is 162 cm³/mol. The molecule has 0 bridgehead atoms. The lowest BCUT2D eigenvalue weighted by Crippen LogP contribution is -2.60. The number of likely N-dealkylation sites (N-methyl/N-ethyl adjacent to an activating group) is 1. The van der Waals surface area contributed by atoms with E-state index in [-0.39, 0.29) is 47.9 Å². The van der Waals surface area contributed by atoms with E-state index in [4.69, 9.17) is 0 Å². The summed E-state index contributed by atoms with van der Waals surface area (Å²) in [5, 5.41) is 11.3. The minimum Gasteiger partial charge on any atom is -0.356 e. The number of hydrogen-bond acceptors (Lipinski definition) is 6. The maximum atomic E-state index is 14.1. The van der Waals surface area contributed by atoms with E-state index >= 15 is 0 Å². The molecule has 4 N–H and O–H groups in total. The molecule has 0 aromatic carbocycles. The number of nitrogens with one attached hydrogen (secondary N) is 4. The lowest BCUT2D eigenvalue weighted by Gasteiger charge is -2.37. The molecule has 5 amide bonds. The van der Waals surface area contributed by atoms with Crippen molar-refractivity contribution in [1.82, 2.24) is 26.2 Å². The van der Waals surface area contributed by atoms with E-state index in [1.807, 2.05) is 20.8 Å². The summed E-state index contributed by atoms with van der Waals surface area (Å²) in [6, 6.07) is -3.00. The second-order valence-electron chi connectivity index (χ2n) is 15.0. The van der Waals surface area contributed by atoms with Gasteiger partial charge in [0.1, 0.15) is 12.1 Å². The van der Waals surface area contributed by atoms with Gasteiger partial charge in [-0.15, -0.1) is 0 Å². The molecular weight excluding hydrogens is 550 g/mol. The summed E-state index contributed by atoms with van der Waals surface area (Å²) >= 11 is 0. The normalized spacial score (nSPS) is 21.7. The highest BCUT2D eigenvalue weighted by molar-refractivity contribution is 6.38. The standard InChI is InChI=1S/C32H53N5O6/c1-31(2,3)18-23(37(7)29(42)24(19-11-8-9-12-19)36-30(43)32(4,5)6)27(40)35-22(17-20-13-10-16-33-26(20)39)25(38)28(41)34-21-14-15-21/h19-24H,8-18H2,1-7H3,(H,33,39)(H,34,41)(H,35,40)(H,36,43)/t20-,22-,23-,24+/m0/s1. The van der Waals surface area contributed by atoms with Crippen LogP contribution in [0.4, 0.5) is 0 Å². The highest BCUT2D eigenvalue weighted by Crippen LogP contribution is 2.31. The second-order valence-corrected chi connectivity index (χ2v) is 15.0. The van der Waals surface area contributed by atoms with Gasteiger partial charge in [0.25, 0.3) is 5.91 Å². The molecule has 1 aliphatic heterocycles. The fourth-order valence-electron chi connectivity index (χ4n) is 5.87. The van der Waals surface area contributed by atoms with Crippen LogP contribution in [-0.2, 0) is 28.8 Å². The summed E-state index contributed by atoms with van der Waals surface area (Å²) in [4.78, 5) is 81.2. The molecular formula is C32H53N5O6. The van der Waals surface area contributed by atoms with E-state index in [2.05, 4.69) is 21.3 Å². The molecule has 2 saturated carbocycles. The third-order valence-corrected chi connectivity index (χ3v) is 8.72. The summed E-state index contributed by atoms with van der Waals surface area (Å²) < 4.78 is 0. The van der Waals surface area contributed by atoms with Crippen molar-refractivity contribution in [3.63, 3.8) is 0 Å². The molecule has 3 rings (SSSR count).